The molecule has 2 rings (SSSR count). The fourth-order valence-electron chi connectivity index (χ4n) is 1.98. The molecule has 16 heavy (non-hydrogen) atoms. The third kappa shape index (κ3) is 2.64. The fourth-order valence-corrected chi connectivity index (χ4v) is 1.98. The number of aromatic nitrogens is 2. The second-order valence-electron chi connectivity index (χ2n) is 5.27. The first-order valence-corrected chi connectivity index (χ1v) is 6.32. The van der Waals surface area contributed by atoms with Crippen LogP contribution in [0.15, 0.2) is 0 Å². The summed E-state index contributed by atoms with van der Waals surface area (Å²) in [4.78, 5) is 0. The average Bonchev–Trinajstić information content (AvgIpc) is 3.03. The van der Waals surface area contributed by atoms with Crippen molar-refractivity contribution >= 4 is 0 Å². The van der Waals surface area contributed by atoms with Crippen LogP contribution in [-0.4, -0.2) is 22.4 Å². The number of nitrogens with zero attached hydrogens (tertiary/aromatic N) is 2. The van der Waals surface area contributed by atoms with Crippen molar-refractivity contribution in [2.24, 2.45) is 5.92 Å². The van der Waals surface area contributed by atoms with Gasteiger partial charge in [0.05, 0.1) is 5.69 Å². The highest BCUT2D eigenvalue weighted by Gasteiger charge is 2.21. The average molecular weight is 221 g/mol. The topological polar surface area (TPSA) is 29.9 Å². The van der Waals surface area contributed by atoms with E-state index in [1.807, 2.05) is 0 Å². The van der Waals surface area contributed by atoms with Crippen LogP contribution in [0.1, 0.15) is 36.7 Å². The molecule has 1 saturated carbocycles. The molecule has 0 radical (unpaired) electrons. The SMILES string of the molecule is Cc1nn(CC(C)CNC2CC2)c(C)c1C. The molecule has 0 aromatic carbocycles. The van der Waals surface area contributed by atoms with Gasteiger partial charge in [-0.2, -0.15) is 5.10 Å². The van der Waals surface area contributed by atoms with E-state index >= 15 is 0 Å². The first kappa shape index (κ1) is 11.6. The van der Waals surface area contributed by atoms with Gasteiger partial charge in [-0.1, -0.05) is 6.92 Å². The molecule has 1 fully saturated rings. The molecule has 3 heteroatoms. The Labute approximate surface area is 98.2 Å². The van der Waals surface area contributed by atoms with Gasteiger partial charge in [0.15, 0.2) is 0 Å². The van der Waals surface area contributed by atoms with Crippen molar-refractivity contribution < 1.29 is 0 Å². The minimum Gasteiger partial charge on any atom is -0.314 e. The third-order valence-electron chi connectivity index (χ3n) is 3.56. The summed E-state index contributed by atoms with van der Waals surface area (Å²) >= 11 is 0. The maximum atomic E-state index is 4.58. The lowest BCUT2D eigenvalue weighted by molar-refractivity contribution is 0.415. The van der Waals surface area contributed by atoms with Crippen LogP contribution in [0.2, 0.25) is 0 Å². The molecular formula is C13H23N3. The molecule has 0 saturated heterocycles. The van der Waals surface area contributed by atoms with Crippen LogP contribution >= 0.6 is 0 Å². The number of hydrogen-bond acceptors (Lipinski definition) is 2. The predicted octanol–water partition coefficient (Wildman–Crippen LogP) is 2.20. The summed E-state index contributed by atoms with van der Waals surface area (Å²) in [6.45, 7) is 10.8. The molecule has 0 aliphatic heterocycles. The molecule has 0 bridgehead atoms. The molecule has 90 valence electrons. The smallest absolute Gasteiger partial charge is 0.0625 e. The zero-order chi connectivity index (χ0) is 11.7. The molecule has 1 unspecified atom stereocenters. The maximum absolute atomic E-state index is 4.58. The van der Waals surface area contributed by atoms with Gasteiger partial charge in [-0.15, -0.1) is 0 Å². The van der Waals surface area contributed by atoms with Crippen LogP contribution in [0, 0.1) is 26.7 Å². The number of hydrogen-bond donors (Lipinski definition) is 1. The van der Waals surface area contributed by atoms with Crippen LogP contribution in [-0.2, 0) is 6.54 Å². The number of aryl methyl sites for hydroxylation is 1. The molecule has 1 atom stereocenters. The lowest BCUT2D eigenvalue weighted by atomic mass is 10.1. The van der Waals surface area contributed by atoms with Gasteiger partial charge >= 0.3 is 0 Å². The quantitative estimate of drug-likeness (QED) is 0.826. The van der Waals surface area contributed by atoms with E-state index in [1.165, 1.54) is 29.8 Å². The van der Waals surface area contributed by atoms with Crippen molar-refractivity contribution in [2.45, 2.75) is 53.1 Å². The van der Waals surface area contributed by atoms with E-state index in [1.54, 1.807) is 0 Å². The Morgan fingerprint density at radius 1 is 1.38 bits per heavy atom. The normalized spacial score (nSPS) is 17.8. The summed E-state index contributed by atoms with van der Waals surface area (Å²) in [6.07, 6.45) is 2.73. The Morgan fingerprint density at radius 2 is 2.06 bits per heavy atom. The molecule has 1 aliphatic carbocycles. The first-order valence-electron chi connectivity index (χ1n) is 6.32. The minimum absolute atomic E-state index is 0.651. The summed E-state index contributed by atoms with van der Waals surface area (Å²) in [5, 5.41) is 8.16. The summed E-state index contributed by atoms with van der Waals surface area (Å²) < 4.78 is 2.16. The molecular weight excluding hydrogens is 198 g/mol. The lowest BCUT2D eigenvalue weighted by Crippen LogP contribution is -2.26. The van der Waals surface area contributed by atoms with E-state index in [9.17, 15) is 0 Å². The highest BCUT2D eigenvalue weighted by Crippen LogP contribution is 2.19. The number of rotatable bonds is 5. The Balaban J connectivity index is 1.88. The first-order chi connectivity index (χ1) is 7.58. The van der Waals surface area contributed by atoms with Crippen molar-refractivity contribution in [2.75, 3.05) is 6.54 Å². The molecule has 1 aromatic rings. The van der Waals surface area contributed by atoms with Crippen LogP contribution in [0.3, 0.4) is 0 Å². The Morgan fingerprint density at radius 3 is 2.56 bits per heavy atom. The second-order valence-corrected chi connectivity index (χ2v) is 5.27. The standard InChI is InChI=1S/C13H23N3/c1-9(7-14-13-5-6-13)8-16-12(4)10(2)11(3)15-16/h9,13-14H,5-8H2,1-4H3. The van der Waals surface area contributed by atoms with Gasteiger partial charge in [0.1, 0.15) is 0 Å². The van der Waals surface area contributed by atoms with Gasteiger partial charge in [0, 0.05) is 18.3 Å². The van der Waals surface area contributed by atoms with Crippen molar-refractivity contribution in [3.8, 4) is 0 Å². The van der Waals surface area contributed by atoms with E-state index in [0.717, 1.165) is 19.1 Å². The van der Waals surface area contributed by atoms with Crippen LogP contribution in [0.4, 0.5) is 0 Å². The predicted molar refractivity (Wildman–Crippen MR) is 66.6 cm³/mol. The fraction of sp³-hybridized carbons (Fsp3) is 0.769. The molecule has 1 aromatic heterocycles. The zero-order valence-corrected chi connectivity index (χ0v) is 10.9. The lowest BCUT2D eigenvalue weighted by Gasteiger charge is -2.13. The van der Waals surface area contributed by atoms with Crippen LogP contribution < -0.4 is 5.32 Å². The van der Waals surface area contributed by atoms with Crippen molar-refractivity contribution in [3.05, 3.63) is 17.0 Å². The molecule has 1 heterocycles. The molecule has 3 nitrogen and oxygen atoms in total. The highest BCUT2D eigenvalue weighted by molar-refractivity contribution is 5.22. The summed E-state index contributed by atoms with van der Waals surface area (Å²) in [5.41, 5.74) is 3.82. The van der Waals surface area contributed by atoms with Crippen molar-refractivity contribution in [3.63, 3.8) is 0 Å². The largest absolute Gasteiger partial charge is 0.314 e. The van der Waals surface area contributed by atoms with Gasteiger partial charge in [-0.3, -0.25) is 4.68 Å². The summed E-state index contributed by atoms with van der Waals surface area (Å²) in [6, 6.07) is 0.810. The number of nitrogens with one attached hydrogen (secondary N) is 1. The second kappa shape index (κ2) is 4.58. The van der Waals surface area contributed by atoms with Crippen molar-refractivity contribution in [1.82, 2.24) is 15.1 Å². The molecule has 1 aliphatic rings. The van der Waals surface area contributed by atoms with Gasteiger partial charge < -0.3 is 5.32 Å². The molecule has 0 amide bonds. The zero-order valence-electron chi connectivity index (χ0n) is 10.9. The van der Waals surface area contributed by atoms with Crippen LogP contribution in [0.25, 0.3) is 0 Å². The summed E-state index contributed by atoms with van der Waals surface area (Å²) in [7, 11) is 0. The van der Waals surface area contributed by atoms with E-state index in [2.05, 4.69) is 42.8 Å². The van der Waals surface area contributed by atoms with Gasteiger partial charge in [0.25, 0.3) is 0 Å². The van der Waals surface area contributed by atoms with E-state index in [4.69, 9.17) is 0 Å². The Bertz CT molecular complexity index is 363. The Hall–Kier alpha value is -0.830. The van der Waals surface area contributed by atoms with E-state index < -0.39 is 0 Å². The monoisotopic (exact) mass is 221 g/mol. The maximum Gasteiger partial charge on any atom is 0.0625 e. The van der Waals surface area contributed by atoms with Gasteiger partial charge in [0.2, 0.25) is 0 Å². The molecule has 1 N–H and O–H groups in total. The van der Waals surface area contributed by atoms with Crippen LogP contribution in [0.5, 0.6) is 0 Å². The van der Waals surface area contributed by atoms with Crippen molar-refractivity contribution in [1.29, 1.82) is 0 Å². The minimum atomic E-state index is 0.651. The molecule has 0 spiro atoms. The Kier molecular flexibility index (Phi) is 3.33. The highest BCUT2D eigenvalue weighted by atomic mass is 15.3. The summed E-state index contributed by atoms with van der Waals surface area (Å²) in [5.74, 6) is 0.651. The van der Waals surface area contributed by atoms with E-state index in [-0.39, 0.29) is 0 Å². The van der Waals surface area contributed by atoms with Gasteiger partial charge in [-0.05, 0) is 51.6 Å². The third-order valence-corrected chi connectivity index (χ3v) is 3.56. The van der Waals surface area contributed by atoms with E-state index in [0.29, 0.717) is 5.92 Å². The van der Waals surface area contributed by atoms with Gasteiger partial charge in [-0.25, -0.2) is 0 Å².